The highest BCUT2D eigenvalue weighted by atomic mass is 16.4. The van der Waals surface area contributed by atoms with Gasteiger partial charge in [-0.2, -0.15) is 0 Å². The van der Waals surface area contributed by atoms with E-state index in [-0.39, 0.29) is 6.42 Å². The van der Waals surface area contributed by atoms with Gasteiger partial charge in [-0.05, 0) is 6.07 Å². The van der Waals surface area contributed by atoms with Gasteiger partial charge in [-0.3, -0.25) is 4.79 Å². The number of aryl methyl sites for hydroxylation is 1. The molecule has 0 aliphatic carbocycles. The monoisotopic (exact) mass is 204 g/mol. The fraction of sp³-hybridized carbons (Fsp3) is 0.250. The maximum absolute atomic E-state index is 10.7. The van der Waals surface area contributed by atoms with Crippen molar-refractivity contribution < 1.29 is 14.3 Å². The first-order chi connectivity index (χ1) is 7.22. The van der Waals surface area contributed by atoms with E-state index in [9.17, 15) is 4.79 Å². The molecule has 1 aromatic carbocycles. The minimum Gasteiger partial charge on any atom is -0.481 e. The summed E-state index contributed by atoms with van der Waals surface area (Å²) in [6, 6.07) is 7.54. The van der Waals surface area contributed by atoms with Crippen LogP contribution in [0.1, 0.15) is 18.2 Å². The van der Waals surface area contributed by atoms with Crippen LogP contribution in [0, 0.1) is 0 Å². The van der Waals surface area contributed by atoms with Crippen molar-refractivity contribution in [3.05, 3.63) is 35.6 Å². The van der Waals surface area contributed by atoms with Crippen LogP contribution >= 0.6 is 0 Å². The molecule has 0 bridgehead atoms. The lowest BCUT2D eigenvalue weighted by molar-refractivity contribution is -0.136. The van der Waals surface area contributed by atoms with Crippen molar-refractivity contribution >= 4 is 16.9 Å². The molecule has 78 valence electrons. The molecule has 0 spiro atoms. The lowest BCUT2D eigenvalue weighted by Crippen LogP contribution is -2.01. The second-order valence-electron chi connectivity index (χ2n) is 3.42. The van der Waals surface area contributed by atoms with E-state index in [0.717, 1.165) is 28.7 Å². The van der Waals surface area contributed by atoms with Gasteiger partial charge >= 0.3 is 5.97 Å². The molecule has 0 saturated heterocycles. The standard InChI is InChI=1S/C12H12O3/c1-2-10-9(7-12(13)14)8-5-3-4-6-11(8)15-10/h3-6H,2,7H2,1H3,(H,13,14). The fourth-order valence-electron chi connectivity index (χ4n) is 1.78. The molecule has 0 unspecified atom stereocenters. The molecule has 15 heavy (non-hydrogen) atoms. The SMILES string of the molecule is CCc1oc2ccccc2c1CC(=O)O. The Morgan fingerprint density at radius 1 is 1.40 bits per heavy atom. The zero-order valence-corrected chi connectivity index (χ0v) is 8.49. The third-order valence-electron chi connectivity index (χ3n) is 2.43. The van der Waals surface area contributed by atoms with E-state index in [2.05, 4.69) is 0 Å². The van der Waals surface area contributed by atoms with E-state index in [1.54, 1.807) is 0 Å². The van der Waals surface area contributed by atoms with E-state index in [1.807, 2.05) is 31.2 Å². The number of carbonyl (C=O) groups is 1. The van der Waals surface area contributed by atoms with Crippen molar-refractivity contribution in [2.75, 3.05) is 0 Å². The minimum absolute atomic E-state index is 0.0280. The largest absolute Gasteiger partial charge is 0.481 e. The van der Waals surface area contributed by atoms with Gasteiger partial charge in [0.15, 0.2) is 0 Å². The smallest absolute Gasteiger partial charge is 0.307 e. The molecule has 2 aromatic rings. The number of carboxylic acid groups (broad SMARTS) is 1. The van der Waals surface area contributed by atoms with Crippen molar-refractivity contribution in [3.63, 3.8) is 0 Å². The number of hydrogen-bond acceptors (Lipinski definition) is 2. The Hall–Kier alpha value is -1.77. The summed E-state index contributed by atoms with van der Waals surface area (Å²) in [5, 5.41) is 9.74. The fourth-order valence-corrected chi connectivity index (χ4v) is 1.78. The Morgan fingerprint density at radius 3 is 2.80 bits per heavy atom. The van der Waals surface area contributed by atoms with Crippen LogP contribution in [-0.4, -0.2) is 11.1 Å². The summed E-state index contributed by atoms with van der Waals surface area (Å²) in [5.41, 5.74) is 1.58. The van der Waals surface area contributed by atoms with Crippen LogP contribution in [0.25, 0.3) is 11.0 Å². The Morgan fingerprint density at radius 2 is 2.13 bits per heavy atom. The number of benzene rings is 1. The van der Waals surface area contributed by atoms with E-state index in [0.29, 0.717) is 0 Å². The summed E-state index contributed by atoms with van der Waals surface area (Å²) in [5.74, 6) is -0.0464. The molecule has 0 aliphatic rings. The Balaban J connectivity index is 2.61. The Kier molecular flexibility index (Phi) is 2.46. The third-order valence-corrected chi connectivity index (χ3v) is 2.43. The molecule has 0 atom stereocenters. The normalized spacial score (nSPS) is 10.7. The highest BCUT2D eigenvalue weighted by Gasteiger charge is 2.14. The Bertz CT molecular complexity index is 497. The van der Waals surface area contributed by atoms with Crippen molar-refractivity contribution in [2.45, 2.75) is 19.8 Å². The van der Waals surface area contributed by atoms with Gasteiger partial charge < -0.3 is 9.52 Å². The van der Waals surface area contributed by atoms with Gasteiger partial charge in [-0.1, -0.05) is 25.1 Å². The number of rotatable bonds is 3. The van der Waals surface area contributed by atoms with Crippen LogP contribution in [-0.2, 0) is 17.6 Å². The van der Waals surface area contributed by atoms with E-state index in [4.69, 9.17) is 9.52 Å². The van der Waals surface area contributed by atoms with Gasteiger partial charge in [0.2, 0.25) is 0 Å². The number of fused-ring (bicyclic) bond motifs is 1. The number of para-hydroxylation sites is 1. The van der Waals surface area contributed by atoms with Gasteiger partial charge in [0, 0.05) is 17.4 Å². The van der Waals surface area contributed by atoms with Gasteiger partial charge in [0.05, 0.1) is 6.42 Å². The van der Waals surface area contributed by atoms with E-state index in [1.165, 1.54) is 0 Å². The summed E-state index contributed by atoms with van der Waals surface area (Å²) in [7, 11) is 0. The molecule has 1 N–H and O–H groups in total. The maximum atomic E-state index is 10.7. The Labute approximate surface area is 87.3 Å². The predicted octanol–water partition coefficient (Wildman–Crippen LogP) is 2.62. The van der Waals surface area contributed by atoms with Crippen LogP contribution < -0.4 is 0 Å². The number of hydrogen-bond donors (Lipinski definition) is 1. The molecule has 3 heteroatoms. The van der Waals surface area contributed by atoms with Crippen LogP contribution in [0.3, 0.4) is 0 Å². The van der Waals surface area contributed by atoms with Crippen molar-refractivity contribution in [2.24, 2.45) is 0 Å². The molecular weight excluding hydrogens is 192 g/mol. The zero-order chi connectivity index (χ0) is 10.8. The average molecular weight is 204 g/mol. The summed E-state index contributed by atoms with van der Waals surface area (Å²) in [4.78, 5) is 10.7. The molecular formula is C12H12O3. The molecule has 1 heterocycles. The van der Waals surface area contributed by atoms with Gasteiger partial charge in [0.1, 0.15) is 11.3 Å². The number of carboxylic acids is 1. The molecule has 1 aromatic heterocycles. The highest BCUT2D eigenvalue weighted by Crippen LogP contribution is 2.26. The second-order valence-corrected chi connectivity index (χ2v) is 3.42. The molecule has 0 saturated carbocycles. The van der Waals surface area contributed by atoms with E-state index < -0.39 is 5.97 Å². The molecule has 0 amide bonds. The molecule has 2 rings (SSSR count). The molecule has 0 aliphatic heterocycles. The predicted molar refractivity (Wildman–Crippen MR) is 56.9 cm³/mol. The highest BCUT2D eigenvalue weighted by molar-refractivity contribution is 5.86. The van der Waals surface area contributed by atoms with Gasteiger partial charge in [-0.15, -0.1) is 0 Å². The third kappa shape index (κ3) is 1.73. The topological polar surface area (TPSA) is 50.4 Å². The summed E-state index contributed by atoms with van der Waals surface area (Å²) >= 11 is 0. The summed E-state index contributed by atoms with van der Waals surface area (Å²) in [6.45, 7) is 1.96. The molecule has 0 fully saturated rings. The second kappa shape index (κ2) is 3.77. The lowest BCUT2D eigenvalue weighted by atomic mass is 10.1. The molecule has 3 nitrogen and oxygen atoms in total. The van der Waals surface area contributed by atoms with Gasteiger partial charge in [0.25, 0.3) is 0 Å². The quantitative estimate of drug-likeness (QED) is 0.836. The van der Waals surface area contributed by atoms with Crippen LogP contribution in [0.5, 0.6) is 0 Å². The van der Waals surface area contributed by atoms with Crippen LogP contribution in [0.2, 0.25) is 0 Å². The first kappa shape index (κ1) is 9.77. The van der Waals surface area contributed by atoms with Crippen molar-refractivity contribution in [1.29, 1.82) is 0 Å². The first-order valence-corrected chi connectivity index (χ1v) is 4.93. The summed E-state index contributed by atoms with van der Waals surface area (Å²) < 4.78 is 5.59. The van der Waals surface area contributed by atoms with Crippen LogP contribution in [0.15, 0.2) is 28.7 Å². The number of aliphatic carboxylic acids is 1. The number of furan rings is 1. The van der Waals surface area contributed by atoms with E-state index >= 15 is 0 Å². The maximum Gasteiger partial charge on any atom is 0.307 e. The van der Waals surface area contributed by atoms with Gasteiger partial charge in [-0.25, -0.2) is 0 Å². The minimum atomic E-state index is -0.823. The lowest BCUT2D eigenvalue weighted by Gasteiger charge is -1.96. The zero-order valence-electron chi connectivity index (χ0n) is 8.49. The molecule has 0 radical (unpaired) electrons. The first-order valence-electron chi connectivity index (χ1n) is 4.93. The summed E-state index contributed by atoms with van der Waals surface area (Å²) in [6.07, 6.45) is 0.747. The average Bonchev–Trinajstić information content (AvgIpc) is 2.56. The van der Waals surface area contributed by atoms with Crippen molar-refractivity contribution in [1.82, 2.24) is 0 Å². The van der Waals surface area contributed by atoms with Crippen molar-refractivity contribution in [3.8, 4) is 0 Å². The van der Waals surface area contributed by atoms with Crippen LogP contribution in [0.4, 0.5) is 0 Å².